The lowest BCUT2D eigenvalue weighted by Gasteiger charge is -2.37. The van der Waals surface area contributed by atoms with Crippen LogP contribution in [0.15, 0.2) is 6.07 Å². The first kappa shape index (κ1) is 12.6. The van der Waals surface area contributed by atoms with Crippen LogP contribution in [-0.2, 0) is 6.42 Å². The molecule has 1 aromatic rings. The Hall–Kier alpha value is -0.830. The molecule has 1 aromatic heterocycles. The Kier molecular flexibility index (Phi) is 3.57. The molecule has 0 unspecified atom stereocenters. The molecule has 1 aliphatic heterocycles. The van der Waals surface area contributed by atoms with Crippen molar-refractivity contribution in [3.8, 4) is 0 Å². The molecule has 1 aliphatic rings. The number of piperidine rings is 1. The fraction of sp³-hybridized carbons (Fsp3) is 0.692. The number of anilines is 1. The molecule has 0 aromatic carbocycles. The first-order valence-electron chi connectivity index (χ1n) is 6.28. The molecule has 1 saturated heterocycles. The van der Waals surface area contributed by atoms with Crippen molar-refractivity contribution in [3.63, 3.8) is 0 Å². The first-order valence-corrected chi connectivity index (χ1v) is 6.66. The van der Waals surface area contributed by atoms with E-state index >= 15 is 0 Å². The molecule has 2 rings (SSSR count). The van der Waals surface area contributed by atoms with Gasteiger partial charge in [-0.25, -0.2) is 9.97 Å². The summed E-state index contributed by atoms with van der Waals surface area (Å²) < 4.78 is 0. The van der Waals surface area contributed by atoms with Crippen LogP contribution in [0.2, 0.25) is 5.15 Å². The molecular formula is C13H20ClN3. The predicted octanol–water partition coefficient (Wildman–Crippen LogP) is 3.32. The molecule has 2 heterocycles. The van der Waals surface area contributed by atoms with Crippen molar-refractivity contribution in [2.24, 2.45) is 5.41 Å². The third kappa shape index (κ3) is 3.09. The van der Waals surface area contributed by atoms with Gasteiger partial charge in [-0.2, -0.15) is 0 Å². The lowest BCUT2D eigenvalue weighted by atomic mass is 9.83. The van der Waals surface area contributed by atoms with E-state index < -0.39 is 0 Å². The van der Waals surface area contributed by atoms with Crippen LogP contribution in [0.25, 0.3) is 0 Å². The molecule has 94 valence electrons. The highest BCUT2D eigenvalue weighted by atomic mass is 35.5. The average molecular weight is 254 g/mol. The highest BCUT2D eigenvalue weighted by Crippen LogP contribution is 2.31. The van der Waals surface area contributed by atoms with E-state index in [-0.39, 0.29) is 0 Å². The standard InChI is InChI=1S/C13H20ClN3/c1-4-11-15-10(14)9-12(16-11)17-7-5-13(2,3)6-8-17/h9H,4-8H2,1-3H3. The fourth-order valence-corrected chi connectivity index (χ4v) is 2.31. The zero-order chi connectivity index (χ0) is 12.5. The summed E-state index contributed by atoms with van der Waals surface area (Å²) >= 11 is 6.03. The van der Waals surface area contributed by atoms with Crippen molar-refractivity contribution in [3.05, 3.63) is 17.0 Å². The second-order valence-electron chi connectivity index (χ2n) is 5.47. The molecule has 0 saturated carbocycles. The van der Waals surface area contributed by atoms with E-state index in [2.05, 4.69) is 35.6 Å². The summed E-state index contributed by atoms with van der Waals surface area (Å²) in [6.45, 7) is 8.82. The fourth-order valence-electron chi connectivity index (χ4n) is 2.11. The largest absolute Gasteiger partial charge is 0.356 e. The van der Waals surface area contributed by atoms with E-state index in [4.69, 9.17) is 11.6 Å². The maximum atomic E-state index is 6.03. The van der Waals surface area contributed by atoms with Gasteiger partial charge in [0.2, 0.25) is 0 Å². The van der Waals surface area contributed by atoms with Crippen molar-refractivity contribution in [1.82, 2.24) is 9.97 Å². The maximum absolute atomic E-state index is 6.03. The lowest BCUT2D eigenvalue weighted by Crippen LogP contribution is -2.37. The van der Waals surface area contributed by atoms with Crippen molar-refractivity contribution in [2.75, 3.05) is 18.0 Å². The van der Waals surface area contributed by atoms with Crippen LogP contribution in [0.4, 0.5) is 5.82 Å². The van der Waals surface area contributed by atoms with E-state index in [0.717, 1.165) is 31.2 Å². The molecule has 0 N–H and O–H groups in total. The summed E-state index contributed by atoms with van der Waals surface area (Å²) in [4.78, 5) is 11.1. The molecule has 3 nitrogen and oxygen atoms in total. The molecule has 1 fully saturated rings. The summed E-state index contributed by atoms with van der Waals surface area (Å²) in [5, 5.41) is 0.552. The van der Waals surface area contributed by atoms with E-state index in [9.17, 15) is 0 Å². The van der Waals surface area contributed by atoms with Crippen molar-refractivity contribution >= 4 is 17.4 Å². The van der Waals surface area contributed by atoms with E-state index in [0.29, 0.717) is 10.6 Å². The van der Waals surface area contributed by atoms with Gasteiger partial charge in [-0.05, 0) is 18.3 Å². The molecule has 0 spiro atoms. The summed E-state index contributed by atoms with van der Waals surface area (Å²) in [6.07, 6.45) is 3.24. The number of halogens is 1. The van der Waals surface area contributed by atoms with Gasteiger partial charge in [-0.1, -0.05) is 32.4 Å². The van der Waals surface area contributed by atoms with Gasteiger partial charge in [0.1, 0.15) is 16.8 Å². The minimum Gasteiger partial charge on any atom is -0.356 e. The normalized spacial score (nSPS) is 19.4. The zero-order valence-electron chi connectivity index (χ0n) is 10.8. The van der Waals surface area contributed by atoms with E-state index in [1.807, 2.05) is 6.07 Å². The van der Waals surface area contributed by atoms with Crippen LogP contribution in [0.5, 0.6) is 0 Å². The number of aryl methyl sites for hydroxylation is 1. The average Bonchev–Trinajstić information content (AvgIpc) is 2.28. The van der Waals surface area contributed by atoms with Crippen LogP contribution < -0.4 is 4.90 Å². The van der Waals surface area contributed by atoms with Crippen LogP contribution in [-0.4, -0.2) is 23.1 Å². The quantitative estimate of drug-likeness (QED) is 0.758. The highest BCUT2D eigenvalue weighted by molar-refractivity contribution is 6.29. The Morgan fingerprint density at radius 3 is 2.53 bits per heavy atom. The van der Waals surface area contributed by atoms with Gasteiger partial charge >= 0.3 is 0 Å². The van der Waals surface area contributed by atoms with Gasteiger partial charge in [0, 0.05) is 25.6 Å². The molecular weight excluding hydrogens is 234 g/mol. The summed E-state index contributed by atoms with van der Waals surface area (Å²) in [5.41, 5.74) is 0.459. The van der Waals surface area contributed by atoms with Crippen LogP contribution in [0.1, 0.15) is 39.4 Å². The molecule has 0 bridgehead atoms. The second-order valence-corrected chi connectivity index (χ2v) is 5.86. The van der Waals surface area contributed by atoms with Crippen LogP contribution >= 0.6 is 11.6 Å². The second kappa shape index (κ2) is 4.81. The molecule has 0 aliphatic carbocycles. The van der Waals surface area contributed by atoms with E-state index in [1.165, 1.54) is 12.8 Å². The minimum atomic E-state index is 0.459. The number of hydrogen-bond donors (Lipinski definition) is 0. The summed E-state index contributed by atoms with van der Waals surface area (Å²) in [7, 11) is 0. The Morgan fingerprint density at radius 1 is 1.29 bits per heavy atom. The van der Waals surface area contributed by atoms with Gasteiger partial charge < -0.3 is 4.90 Å². The topological polar surface area (TPSA) is 29.0 Å². The smallest absolute Gasteiger partial charge is 0.134 e. The van der Waals surface area contributed by atoms with Crippen molar-refractivity contribution < 1.29 is 0 Å². The van der Waals surface area contributed by atoms with Crippen molar-refractivity contribution in [1.29, 1.82) is 0 Å². The van der Waals surface area contributed by atoms with Crippen molar-refractivity contribution in [2.45, 2.75) is 40.0 Å². The minimum absolute atomic E-state index is 0.459. The molecule has 0 atom stereocenters. The summed E-state index contributed by atoms with van der Waals surface area (Å²) in [5.74, 6) is 1.81. The monoisotopic (exact) mass is 253 g/mol. The molecule has 17 heavy (non-hydrogen) atoms. The van der Waals surface area contributed by atoms with Gasteiger partial charge in [-0.15, -0.1) is 0 Å². The van der Waals surface area contributed by atoms with Gasteiger partial charge in [-0.3, -0.25) is 0 Å². The number of hydrogen-bond acceptors (Lipinski definition) is 3. The number of aromatic nitrogens is 2. The zero-order valence-corrected chi connectivity index (χ0v) is 11.6. The third-order valence-corrected chi connectivity index (χ3v) is 3.68. The highest BCUT2D eigenvalue weighted by Gasteiger charge is 2.26. The van der Waals surface area contributed by atoms with Crippen LogP contribution in [0, 0.1) is 5.41 Å². The maximum Gasteiger partial charge on any atom is 0.134 e. The summed E-state index contributed by atoms with van der Waals surface area (Å²) in [6, 6.07) is 1.87. The predicted molar refractivity (Wildman–Crippen MR) is 71.6 cm³/mol. The number of rotatable bonds is 2. The van der Waals surface area contributed by atoms with E-state index in [1.54, 1.807) is 0 Å². The van der Waals surface area contributed by atoms with Gasteiger partial charge in [0.15, 0.2) is 0 Å². The van der Waals surface area contributed by atoms with Crippen LogP contribution in [0.3, 0.4) is 0 Å². The Labute approximate surface area is 108 Å². The van der Waals surface area contributed by atoms with Gasteiger partial charge in [0.05, 0.1) is 0 Å². The van der Waals surface area contributed by atoms with Gasteiger partial charge in [0.25, 0.3) is 0 Å². The Bertz CT molecular complexity index is 394. The molecule has 0 amide bonds. The molecule has 0 radical (unpaired) electrons. The third-order valence-electron chi connectivity index (χ3n) is 3.48. The molecule has 4 heteroatoms. The number of nitrogens with zero attached hydrogens (tertiary/aromatic N) is 3. The first-order chi connectivity index (χ1) is 8.00. The Morgan fingerprint density at radius 2 is 1.94 bits per heavy atom. The Balaban J connectivity index is 2.15. The lowest BCUT2D eigenvalue weighted by molar-refractivity contribution is 0.279. The SMILES string of the molecule is CCc1nc(Cl)cc(N2CCC(C)(C)CC2)n1.